The van der Waals surface area contributed by atoms with E-state index in [4.69, 9.17) is 0 Å². The summed E-state index contributed by atoms with van der Waals surface area (Å²) in [4.78, 5) is 6.58. The van der Waals surface area contributed by atoms with E-state index in [2.05, 4.69) is 66.6 Å². The van der Waals surface area contributed by atoms with Gasteiger partial charge >= 0.3 is 0 Å². The Labute approximate surface area is 136 Å². The first-order valence-corrected chi connectivity index (χ1v) is 8.01. The molecular formula is C19H31N3. The molecule has 0 rings (SSSR count). The minimum Gasteiger partial charge on any atom is -0.350 e. The first kappa shape index (κ1) is 20.2. The van der Waals surface area contributed by atoms with E-state index in [1.807, 2.05) is 13.0 Å². The monoisotopic (exact) mass is 301 g/mol. The predicted octanol–water partition coefficient (Wildman–Crippen LogP) is 3.76. The van der Waals surface area contributed by atoms with Crippen molar-refractivity contribution < 1.29 is 0 Å². The number of rotatable bonds is 8. The summed E-state index contributed by atoms with van der Waals surface area (Å²) in [5.74, 6) is 7.43. The second-order valence-electron chi connectivity index (χ2n) is 5.04. The zero-order valence-electron chi connectivity index (χ0n) is 14.8. The predicted molar refractivity (Wildman–Crippen MR) is 99.0 cm³/mol. The summed E-state index contributed by atoms with van der Waals surface area (Å²) in [6.07, 6.45) is 10.0. The van der Waals surface area contributed by atoms with Gasteiger partial charge in [0.1, 0.15) is 5.84 Å². The molecule has 1 unspecified atom stereocenters. The maximum Gasteiger partial charge on any atom is 0.114 e. The molecule has 0 saturated carbocycles. The normalized spacial score (nSPS) is 13.9. The van der Waals surface area contributed by atoms with Crippen molar-refractivity contribution in [1.29, 1.82) is 0 Å². The first-order valence-electron chi connectivity index (χ1n) is 8.01. The second-order valence-corrected chi connectivity index (χ2v) is 5.04. The third-order valence-corrected chi connectivity index (χ3v) is 3.46. The minimum absolute atomic E-state index is 0.456. The molecule has 0 amide bonds. The van der Waals surface area contributed by atoms with Gasteiger partial charge in [0.2, 0.25) is 0 Å². The average molecular weight is 301 g/mol. The number of hydrogen-bond acceptors (Lipinski definition) is 2. The van der Waals surface area contributed by atoms with E-state index in [1.54, 1.807) is 13.2 Å². The molecule has 3 heteroatoms. The lowest BCUT2D eigenvalue weighted by Crippen LogP contribution is -2.40. The molecule has 0 heterocycles. The van der Waals surface area contributed by atoms with Gasteiger partial charge in [-0.15, -0.1) is 0 Å². The molecule has 0 aliphatic heterocycles. The summed E-state index contributed by atoms with van der Waals surface area (Å²) in [5.41, 5.74) is 1.07. The van der Waals surface area contributed by atoms with Crippen molar-refractivity contribution in [2.75, 3.05) is 20.1 Å². The number of aliphatic imine (C=N–C) groups is 1. The highest BCUT2D eigenvalue weighted by Gasteiger charge is 2.12. The van der Waals surface area contributed by atoms with Crippen molar-refractivity contribution >= 4 is 5.84 Å². The van der Waals surface area contributed by atoms with E-state index in [0.717, 1.165) is 37.3 Å². The summed E-state index contributed by atoms with van der Waals surface area (Å²) < 4.78 is 0. The van der Waals surface area contributed by atoms with Gasteiger partial charge in [-0.05, 0) is 32.9 Å². The smallest absolute Gasteiger partial charge is 0.114 e. The first-order chi connectivity index (χ1) is 10.6. The van der Waals surface area contributed by atoms with Crippen molar-refractivity contribution in [1.82, 2.24) is 10.2 Å². The fraction of sp³-hybridized carbons (Fsp3) is 0.526. The molecule has 0 saturated heterocycles. The van der Waals surface area contributed by atoms with Crippen molar-refractivity contribution in [3.05, 3.63) is 36.6 Å². The van der Waals surface area contributed by atoms with E-state index < -0.39 is 0 Å². The van der Waals surface area contributed by atoms with Crippen LogP contribution < -0.4 is 5.32 Å². The fourth-order valence-electron chi connectivity index (χ4n) is 1.81. The summed E-state index contributed by atoms with van der Waals surface area (Å²) in [5, 5.41) is 3.08. The molecule has 1 N–H and O–H groups in total. The molecule has 0 aromatic heterocycles. The van der Waals surface area contributed by atoms with Crippen LogP contribution in [0.5, 0.6) is 0 Å². The lowest BCUT2D eigenvalue weighted by molar-refractivity contribution is 0.260. The Bertz CT molecular complexity index is 461. The van der Waals surface area contributed by atoms with E-state index in [1.165, 1.54) is 0 Å². The van der Waals surface area contributed by atoms with Crippen LogP contribution in [0.15, 0.2) is 41.6 Å². The van der Waals surface area contributed by atoms with E-state index in [-0.39, 0.29) is 0 Å². The number of amidine groups is 1. The van der Waals surface area contributed by atoms with Crippen molar-refractivity contribution in [3.8, 4) is 11.8 Å². The van der Waals surface area contributed by atoms with E-state index in [0.29, 0.717) is 6.04 Å². The van der Waals surface area contributed by atoms with Crippen LogP contribution >= 0.6 is 0 Å². The molecule has 0 spiro atoms. The lowest BCUT2D eigenvalue weighted by atomic mass is 10.2. The lowest BCUT2D eigenvalue weighted by Gasteiger charge is -2.26. The molecule has 1 atom stereocenters. The van der Waals surface area contributed by atoms with E-state index in [9.17, 15) is 0 Å². The van der Waals surface area contributed by atoms with Crippen molar-refractivity contribution in [2.24, 2.45) is 4.99 Å². The van der Waals surface area contributed by atoms with Gasteiger partial charge in [-0.3, -0.25) is 9.89 Å². The fourth-order valence-corrected chi connectivity index (χ4v) is 1.81. The molecule has 0 aromatic rings. The Kier molecular flexibility index (Phi) is 11.9. The molecule has 122 valence electrons. The maximum absolute atomic E-state index is 4.26. The van der Waals surface area contributed by atoms with Crippen molar-refractivity contribution in [2.45, 2.75) is 46.6 Å². The van der Waals surface area contributed by atoms with Crippen molar-refractivity contribution in [3.63, 3.8) is 0 Å². The molecule has 22 heavy (non-hydrogen) atoms. The largest absolute Gasteiger partial charge is 0.350 e. The summed E-state index contributed by atoms with van der Waals surface area (Å²) in [6, 6.07) is 0.456. The topological polar surface area (TPSA) is 27.6 Å². The Morgan fingerprint density at radius 1 is 1.41 bits per heavy atom. The average Bonchev–Trinajstić information content (AvgIpc) is 2.55. The van der Waals surface area contributed by atoms with Gasteiger partial charge in [0.05, 0.1) is 13.1 Å². The zero-order chi connectivity index (χ0) is 16.8. The second kappa shape index (κ2) is 12.9. The highest BCUT2D eigenvalue weighted by molar-refractivity contribution is 5.84. The highest BCUT2D eigenvalue weighted by Crippen LogP contribution is 2.03. The summed E-state index contributed by atoms with van der Waals surface area (Å²) >= 11 is 0. The quantitative estimate of drug-likeness (QED) is 0.320. The minimum atomic E-state index is 0.456. The SMILES string of the molecule is C=CNC(CN(CC#CC(/C=C\CC)=C/C)C(C)CC)=NC. The highest BCUT2D eigenvalue weighted by atomic mass is 15.2. The van der Waals surface area contributed by atoms with Crippen LogP contribution in [0.4, 0.5) is 0 Å². The molecule has 0 fully saturated rings. The van der Waals surface area contributed by atoms with Gasteiger partial charge in [0.15, 0.2) is 0 Å². The standard InChI is InChI=1S/C19H31N3/c1-7-11-13-18(9-3)14-12-15-22(17(5)8-2)16-19(20-6)21-10-4/h9-11,13,17H,4,7-8,15-16H2,1-3,5-6H3,(H,20,21)/b13-11-,18-9+. The van der Waals surface area contributed by atoms with Crippen LogP contribution in [0, 0.1) is 11.8 Å². The molecule has 0 aliphatic carbocycles. The van der Waals surface area contributed by atoms with Crippen LogP contribution in [0.3, 0.4) is 0 Å². The van der Waals surface area contributed by atoms with Gasteiger partial charge < -0.3 is 5.32 Å². The molecule has 0 aliphatic rings. The van der Waals surface area contributed by atoms with Gasteiger partial charge in [-0.25, -0.2) is 0 Å². The third kappa shape index (κ3) is 8.49. The molecular weight excluding hydrogens is 270 g/mol. The Hall–Kier alpha value is -1.79. The number of nitrogens with zero attached hydrogens (tertiary/aromatic N) is 2. The maximum atomic E-state index is 4.26. The summed E-state index contributed by atoms with van der Waals surface area (Å²) in [6.45, 7) is 13.7. The molecule has 0 bridgehead atoms. The van der Waals surface area contributed by atoms with E-state index >= 15 is 0 Å². The molecule has 0 aromatic carbocycles. The van der Waals surface area contributed by atoms with Gasteiger partial charge in [-0.2, -0.15) is 0 Å². The number of hydrogen-bond donors (Lipinski definition) is 1. The van der Waals surface area contributed by atoms with Crippen LogP contribution in [0.2, 0.25) is 0 Å². The zero-order valence-corrected chi connectivity index (χ0v) is 14.8. The third-order valence-electron chi connectivity index (χ3n) is 3.46. The van der Waals surface area contributed by atoms with Gasteiger partial charge in [-0.1, -0.05) is 50.5 Å². The van der Waals surface area contributed by atoms with Gasteiger partial charge in [0, 0.05) is 18.7 Å². The van der Waals surface area contributed by atoms with Gasteiger partial charge in [0.25, 0.3) is 0 Å². The molecule has 3 nitrogen and oxygen atoms in total. The van der Waals surface area contributed by atoms with Crippen LogP contribution in [-0.2, 0) is 0 Å². The summed E-state index contributed by atoms with van der Waals surface area (Å²) in [7, 11) is 1.79. The van der Waals surface area contributed by atoms with Crippen LogP contribution in [0.1, 0.15) is 40.5 Å². The molecule has 0 radical (unpaired) electrons. The van der Waals surface area contributed by atoms with Crippen LogP contribution in [-0.4, -0.2) is 36.9 Å². The number of allylic oxidation sites excluding steroid dienone is 4. The Balaban J connectivity index is 4.88. The Morgan fingerprint density at radius 2 is 2.14 bits per heavy atom. The Morgan fingerprint density at radius 3 is 2.64 bits per heavy atom. The van der Waals surface area contributed by atoms with Crippen LogP contribution in [0.25, 0.3) is 0 Å². The number of nitrogens with one attached hydrogen (secondary N) is 1.